The fourth-order valence-electron chi connectivity index (χ4n) is 2.13. The van der Waals surface area contributed by atoms with Crippen LogP contribution in [0, 0.1) is 6.92 Å². The second kappa shape index (κ2) is 5.57. The molecule has 1 aromatic heterocycles. The highest BCUT2D eigenvalue weighted by Crippen LogP contribution is 2.27. The first-order chi connectivity index (χ1) is 8.58. The third kappa shape index (κ3) is 2.94. The van der Waals surface area contributed by atoms with Gasteiger partial charge in [-0.3, -0.25) is 0 Å². The third-order valence-electron chi connectivity index (χ3n) is 3.23. The molecule has 0 amide bonds. The van der Waals surface area contributed by atoms with E-state index >= 15 is 0 Å². The van der Waals surface area contributed by atoms with Crippen LogP contribution in [0.25, 0.3) is 0 Å². The highest BCUT2D eigenvalue weighted by Gasteiger charge is 2.10. The Hall–Kier alpha value is -1.28. The van der Waals surface area contributed by atoms with Crippen molar-refractivity contribution < 1.29 is 0 Å². The zero-order chi connectivity index (χ0) is 13.1. The van der Waals surface area contributed by atoms with Gasteiger partial charge in [-0.2, -0.15) is 0 Å². The number of nitrogens with one attached hydrogen (secondary N) is 1. The summed E-state index contributed by atoms with van der Waals surface area (Å²) in [6, 6.07) is 11.3. The fraction of sp³-hybridized carbons (Fsp3) is 0.375. The molecule has 0 saturated heterocycles. The van der Waals surface area contributed by atoms with Crippen molar-refractivity contribution in [1.29, 1.82) is 0 Å². The van der Waals surface area contributed by atoms with Gasteiger partial charge in [0.25, 0.3) is 0 Å². The zero-order valence-electron chi connectivity index (χ0n) is 11.5. The van der Waals surface area contributed by atoms with Gasteiger partial charge in [-0.1, -0.05) is 26.0 Å². The summed E-state index contributed by atoms with van der Waals surface area (Å²) in [5.41, 5.74) is 3.97. The van der Waals surface area contributed by atoms with Crippen LogP contribution >= 0.6 is 11.3 Å². The fourth-order valence-corrected chi connectivity index (χ4v) is 3.07. The molecule has 1 N–H and O–H groups in total. The largest absolute Gasteiger partial charge is 0.378 e. The van der Waals surface area contributed by atoms with Crippen LogP contribution in [0.3, 0.4) is 0 Å². The molecule has 1 unspecified atom stereocenters. The second-order valence-electron chi connectivity index (χ2n) is 5.11. The second-order valence-corrected chi connectivity index (χ2v) is 6.06. The summed E-state index contributed by atoms with van der Waals surface area (Å²) in [6.07, 6.45) is 0. The minimum Gasteiger partial charge on any atom is -0.378 e. The molecule has 1 heterocycles. The molecule has 1 aromatic carbocycles. The van der Waals surface area contributed by atoms with Crippen molar-refractivity contribution in [2.45, 2.75) is 39.7 Å². The van der Waals surface area contributed by atoms with E-state index in [1.54, 1.807) is 0 Å². The standard InChI is InChI=1S/C16H21NS/c1-11(2)14-6-5-7-15(10-14)17-13(4)16-12(3)8-9-18-16/h5-11,13,17H,1-4H3. The summed E-state index contributed by atoms with van der Waals surface area (Å²) in [4.78, 5) is 1.42. The summed E-state index contributed by atoms with van der Waals surface area (Å²) in [7, 11) is 0. The van der Waals surface area contributed by atoms with Gasteiger partial charge in [-0.15, -0.1) is 11.3 Å². The van der Waals surface area contributed by atoms with Crippen molar-refractivity contribution in [2.24, 2.45) is 0 Å². The molecule has 0 saturated carbocycles. The number of anilines is 1. The lowest BCUT2D eigenvalue weighted by molar-refractivity contribution is 0.861. The summed E-state index contributed by atoms with van der Waals surface area (Å²) in [6.45, 7) is 8.85. The lowest BCUT2D eigenvalue weighted by atomic mass is 10.0. The topological polar surface area (TPSA) is 12.0 Å². The minimum atomic E-state index is 0.368. The molecule has 0 aliphatic rings. The van der Waals surface area contributed by atoms with Crippen molar-refractivity contribution in [3.05, 3.63) is 51.7 Å². The first-order valence-electron chi connectivity index (χ1n) is 6.48. The van der Waals surface area contributed by atoms with Gasteiger partial charge in [0.15, 0.2) is 0 Å². The van der Waals surface area contributed by atoms with E-state index in [0.29, 0.717) is 12.0 Å². The first kappa shape index (κ1) is 13.2. The third-order valence-corrected chi connectivity index (χ3v) is 4.43. The number of hydrogen-bond donors (Lipinski definition) is 1. The van der Waals surface area contributed by atoms with E-state index < -0.39 is 0 Å². The Morgan fingerprint density at radius 3 is 2.50 bits per heavy atom. The molecule has 0 spiro atoms. The van der Waals surface area contributed by atoms with Gasteiger partial charge in [0, 0.05) is 10.6 Å². The molecule has 2 heteroatoms. The van der Waals surface area contributed by atoms with E-state index in [4.69, 9.17) is 0 Å². The summed E-state index contributed by atoms with van der Waals surface area (Å²) >= 11 is 1.82. The Morgan fingerprint density at radius 1 is 1.11 bits per heavy atom. The Labute approximate surface area is 114 Å². The van der Waals surface area contributed by atoms with Crippen molar-refractivity contribution in [3.63, 3.8) is 0 Å². The molecule has 2 rings (SSSR count). The van der Waals surface area contributed by atoms with Crippen molar-refractivity contribution in [2.75, 3.05) is 5.32 Å². The quantitative estimate of drug-likeness (QED) is 0.780. The van der Waals surface area contributed by atoms with Crippen LogP contribution in [-0.2, 0) is 0 Å². The molecule has 1 nitrogen and oxygen atoms in total. The van der Waals surface area contributed by atoms with E-state index in [-0.39, 0.29) is 0 Å². The van der Waals surface area contributed by atoms with Crippen LogP contribution in [0.5, 0.6) is 0 Å². The van der Waals surface area contributed by atoms with Crippen LogP contribution in [-0.4, -0.2) is 0 Å². The first-order valence-corrected chi connectivity index (χ1v) is 7.36. The van der Waals surface area contributed by atoms with Crippen molar-refractivity contribution in [3.8, 4) is 0 Å². The molecule has 0 radical (unpaired) electrons. The van der Waals surface area contributed by atoms with Crippen LogP contribution in [0.1, 0.15) is 48.7 Å². The molecular formula is C16H21NS. The maximum atomic E-state index is 3.59. The SMILES string of the molecule is Cc1ccsc1C(C)Nc1cccc(C(C)C)c1. The molecule has 2 aromatic rings. The lowest BCUT2D eigenvalue weighted by Crippen LogP contribution is -2.06. The molecule has 0 aliphatic carbocycles. The van der Waals surface area contributed by atoms with Gasteiger partial charge in [0.1, 0.15) is 0 Å². The molecule has 96 valence electrons. The molecule has 0 aliphatic heterocycles. The highest BCUT2D eigenvalue weighted by molar-refractivity contribution is 7.10. The van der Waals surface area contributed by atoms with Crippen molar-refractivity contribution in [1.82, 2.24) is 0 Å². The molecule has 0 bridgehead atoms. The predicted octanol–water partition coefficient (Wildman–Crippen LogP) is 5.35. The molecular weight excluding hydrogens is 238 g/mol. The van der Waals surface area contributed by atoms with Gasteiger partial charge < -0.3 is 5.32 Å². The molecule has 0 fully saturated rings. The zero-order valence-corrected chi connectivity index (χ0v) is 12.3. The van der Waals surface area contributed by atoms with Gasteiger partial charge >= 0.3 is 0 Å². The van der Waals surface area contributed by atoms with E-state index in [0.717, 1.165) is 0 Å². The van der Waals surface area contributed by atoms with Gasteiger partial charge in [-0.25, -0.2) is 0 Å². The maximum Gasteiger partial charge on any atom is 0.0581 e. The number of hydrogen-bond acceptors (Lipinski definition) is 2. The molecule has 1 atom stereocenters. The Kier molecular flexibility index (Phi) is 4.07. The molecule has 18 heavy (non-hydrogen) atoms. The summed E-state index contributed by atoms with van der Waals surface area (Å²) in [5, 5.41) is 5.75. The predicted molar refractivity (Wildman–Crippen MR) is 81.6 cm³/mol. The summed E-state index contributed by atoms with van der Waals surface area (Å²) in [5.74, 6) is 0.575. The van der Waals surface area contributed by atoms with Gasteiger partial charge in [-0.05, 0) is 54.5 Å². The number of aryl methyl sites for hydroxylation is 1. The average Bonchev–Trinajstić information content (AvgIpc) is 2.76. The van der Waals surface area contributed by atoms with Crippen LogP contribution in [0.2, 0.25) is 0 Å². The summed E-state index contributed by atoms with van der Waals surface area (Å²) < 4.78 is 0. The Balaban J connectivity index is 2.14. The lowest BCUT2D eigenvalue weighted by Gasteiger charge is -2.16. The minimum absolute atomic E-state index is 0.368. The van der Waals surface area contributed by atoms with Crippen molar-refractivity contribution >= 4 is 17.0 Å². The highest BCUT2D eigenvalue weighted by atomic mass is 32.1. The van der Waals surface area contributed by atoms with Gasteiger partial charge in [0.2, 0.25) is 0 Å². The Bertz CT molecular complexity index is 513. The van der Waals surface area contributed by atoms with Crippen LogP contribution in [0.15, 0.2) is 35.7 Å². The number of benzene rings is 1. The number of thiophene rings is 1. The van der Waals surface area contributed by atoms with Gasteiger partial charge in [0.05, 0.1) is 6.04 Å². The monoisotopic (exact) mass is 259 g/mol. The average molecular weight is 259 g/mol. The van der Waals surface area contributed by atoms with E-state index in [9.17, 15) is 0 Å². The van der Waals surface area contributed by atoms with E-state index in [1.165, 1.54) is 21.7 Å². The van der Waals surface area contributed by atoms with E-state index in [2.05, 4.69) is 68.7 Å². The Morgan fingerprint density at radius 2 is 1.89 bits per heavy atom. The van der Waals surface area contributed by atoms with E-state index in [1.807, 2.05) is 11.3 Å². The number of rotatable bonds is 4. The van der Waals surface area contributed by atoms with Crippen LogP contribution < -0.4 is 5.32 Å². The van der Waals surface area contributed by atoms with Crippen LogP contribution in [0.4, 0.5) is 5.69 Å². The maximum absolute atomic E-state index is 3.59. The smallest absolute Gasteiger partial charge is 0.0581 e. The normalized spacial score (nSPS) is 12.7.